The molecule has 0 N–H and O–H groups in total. The third kappa shape index (κ3) is 2.23. The van der Waals surface area contributed by atoms with E-state index in [2.05, 4.69) is 9.97 Å². The van der Waals surface area contributed by atoms with Gasteiger partial charge in [0, 0.05) is 0 Å². The van der Waals surface area contributed by atoms with E-state index in [-0.39, 0.29) is 11.6 Å². The standard InChI is InChI=1S/C10H9FO.C5H5N2S.In/c1-7(2)10(12)8-4-3-5-9(11)6-8;1-8-5-2-3-6-4-7-5;/h3-5H,1-2H3;3-4H,1H3;. The molecule has 0 unspecified atom stereocenters. The molecule has 2 heterocycles. The molecule has 0 bridgehead atoms. The van der Waals surface area contributed by atoms with E-state index in [0.29, 0.717) is 8.88 Å². The summed E-state index contributed by atoms with van der Waals surface area (Å²) in [7, 11) is 0. The van der Waals surface area contributed by atoms with Crippen LogP contribution >= 0.6 is 11.8 Å². The summed E-state index contributed by atoms with van der Waals surface area (Å²) in [5, 5.41) is 0.878. The van der Waals surface area contributed by atoms with E-state index < -0.39 is 24.6 Å². The van der Waals surface area contributed by atoms with Crippen LogP contribution in [0.1, 0.15) is 24.2 Å². The average molecular weight is 404 g/mol. The second-order valence-corrected chi connectivity index (χ2v) is 16.5. The number of aromatic nitrogens is 2. The first-order valence-corrected chi connectivity index (χ1v) is 12.8. The third-order valence-electron chi connectivity index (χ3n) is 4.10. The first-order valence-electron chi connectivity index (χ1n) is 6.65. The molecule has 0 aliphatic carbocycles. The summed E-state index contributed by atoms with van der Waals surface area (Å²) >= 11 is -1.42. The van der Waals surface area contributed by atoms with Gasteiger partial charge in [0.25, 0.3) is 0 Å². The van der Waals surface area contributed by atoms with Crippen molar-refractivity contribution in [2.45, 2.75) is 22.0 Å². The fraction of sp³-hybridized carbons (Fsp3) is 0.267. The number of carbonyl (C=O) groups is 1. The van der Waals surface area contributed by atoms with Crippen LogP contribution in [-0.2, 0) is 0 Å². The minimum absolute atomic E-state index is 0.0636. The Balaban J connectivity index is 2.30. The number of carbonyl (C=O) groups excluding carboxylic acids is 1. The molecule has 0 atom stereocenters. The van der Waals surface area contributed by atoms with Gasteiger partial charge in [-0.25, -0.2) is 0 Å². The maximum atomic E-state index is 14.4. The summed E-state index contributed by atoms with van der Waals surface area (Å²) in [5.74, 6) is -0.183. The monoisotopic (exact) mass is 404 g/mol. The molecule has 1 aromatic heterocycles. The number of hydrogen-bond donors (Lipinski definition) is 0. The van der Waals surface area contributed by atoms with Crippen LogP contribution in [0, 0.1) is 5.82 Å². The molecule has 0 saturated carbocycles. The first-order chi connectivity index (χ1) is 9.98. The predicted octanol–water partition coefficient (Wildman–Crippen LogP) is 1.92. The Hall–Kier alpha value is -0.880. The van der Waals surface area contributed by atoms with Crippen LogP contribution in [0.3, 0.4) is 0 Å². The number of thioether (sulfide) groups is 1. The second kappa shape index (κ2) is 5.39. The maximum absolute atomic E-state index is 14.4. The SMILES string of the molecule is CSc1ncnc[c]1[In]1[c]2c(F)cccc2C(=O)[C]1(C)C. The fourth-order valence-electron chi connectivity index (χ4n) is 3.11. The van der Waals surface area contributed by atoms with Crippen LogP contribution in [0.5, 0.6) is 0 Å². The molecular weight excluding hydrogens is 390 g/mol. The van der Waals surface area contributed by atoms with Gasteiger partial charge >= 0.3 is 135 Å². The van der Waals surface area contributed by atoms with Gasteiger partial charge < -0.3 is 0 Å². The quantitative estimate of drug-likeness (QED) is 0.567. The molecule has 0 saturated heterocycles. The van der Waals surface area contributed by atoms with Crippen molar-refractivity contribution in [1.82, 2.24) is 9.97 Å². The molecule has 1 aliphatic rings. The zero-order valence-electron chi connectivity index (χ0n) is 12.1. The Labute approximate surface area is 134 Å². The first kappa shape index (κ1) is 15.0. The Morgan fingerprint density at radius 2 is 2.10 bits per heavy atom. The van der Waals surface area contributed by atoms with Gasteiger partial charge in [0.15, 0.2) is 0 Å². The third-order valence-corrected chi connectivity index (χ3v) is 16.6. The number of nitrogens with zero attached hydrogens (tertiary/aromatic N) is 2. The van der Waals surface area contributed by atoms with Crippen molar-refractivity contribution in [1.29, 1.82) is 0 Å². The van der Waals surface area contributed by atoms with E-state index in [4.69, 9.17) is 0 Å². The Bertz CT molecular complexity index is 735. The molecule has 0 radical (unpaired) electrons. The van der Waals surface area contributed by atoms with Crippen LogP contribution < -0.4 is 6.64 Å². The van der Waals surface area contributed by atoms with Crippen LogP contribution in [0.15, 0.2) is 35.7 Å². The van der Waals surface area contributed by atoms with Gasteiger partial charge in [-0.2, -0.15) is 0 Å². The Kier molecular flexibility index (Phi) is 3.86. The van der Waals surface area contributed by atoms with Gasteiger partial charge in [0.05, 0.1) is 0 Å². The molecule has 3 rings (SSSR count). The van der Waals surface area contributed by atoms with Crippen molar-refractivity contribution in [2.24, 2.45) is 0 Å². The zero-order chi connectivity index (χ0) is 15.2. The van der Waals surface area contributed by atoms with E-state index >= 15 is 0 Å². The van der Waals surface area contributed by atoms with Crippen LogP contribution in [-0.4, -0.2) is 43.4 Å². The number of fused-ring (bicyclic) bond motifs is 1. The second-order valence-electron chi connectivity index (χ2n) is 5.67. The van der Waals surface area contributed by atoms with Gasteiger partial charge in [0.2, 0.25) is 0 Å². The van der Waals surface area contributed by atoms with Gasteiger partial charge in [-0.1, -0.05) is 0 Å². The van der Waals surface area contributed by atoms with Crippen LogP contribution in [0.25, 0.3) is 0 Å². The van der Waals surface area contributed by atoms with Gasteiger partial charge in [-0.05, 0) is 0 Å². The van der Waals surface area contributed by atoms with Gasteiger partial charge in [0.1, 0.15) is 0 Å². The van der Waals surface area contributed by atoms with E-state index in [1.165, 1.54) is 24.2 Å². The van der Waals surface area contributed by atoms with E-state index in [1.54, 1.807) is 18.3 Å². The summed E-state index contributed by atoms with van der Waals surface area (Å²) < 4.78 is 15.6. The molecule has 21 heavy (non-hydrogen) atoms. The summed E-state index contributed by atoms with van der Waals surface area (Å²) in [6.45, 7) is 3.90. The molecule has 0 spiro atoms. The zero-order valence-corrected chi connectivity index (χ0v) is 16.2. The Morgan fingerprint density at radius 3 is 2.81 bits per heavy atom. The predicted molar refractivity (Wildman–Crippen MR) is 83.6 cm³/mol. The number of benzene rings is 1. The minimum atomic E-state index is -2.95. The molecule has 1 aliphatic heterocycles. The van der Waals surface area contributed by atoms with E-state index in [9.17, 15) is 9.18 Å². The van der Waals surface area contributed by atoms with E-state index in [1.807, 2.05) is 20.1 Å². The molecule has 0 amide bonds. The van der Waals surface area contributed by atoms with Crippen molar-refractivity contribution >= 4 is 45.6 Å². The van der Waals surface area contributed by atoms with Crippen molar-refractivity contribution in [3.05, 3.63) is 42.1 Å². The normalized spacial score (nSPS) is 16.2. The molecule has 106 valence electrons. The fourth-order valence-corrected chi connectivity index (χ4v) is 15.9. The molecule has 3 nitrogen and oxygen atoms in total. The molecule has 0 fully saturated rings. The summed E-state index contributed by atoms with van der Waals surface area (Å²) in [6, 6.07) is 4.83. The molecular formula is C15H14FInN2OS. The molecule has 2 aromatic rings. The number of ketones is 1. The summed E-state index contributed by atoms with van der Waals surface area (Å²) in [4.78, 5) is 21.1. The van der Waals surface area contributed by atoms with Crippen molar-refractivity contribution in [3.8, 4) is 0 Å². The molecule has 6 heteroatoms. The van der Waals surface area contributed by atoms with Crippen LogP contribution in [0.2, 0.25) is 3.17 Å². The van der Waals surface area contributed by atoms with Crippen molar-refractivity contribution in [3.63, 3.8) is 0 Å². The van der Waals surface area contributed by atoms with Gasteiger partial charge in [-0.3, -0.25) is 0 Å². The number of rotatable bonds is 2. The topological polar surface area (TPSA) is 42.9 Å². The van der Waals surface area contributed by atoms with E-state index in [0.717, 1.165) is 8.35 Å². The summed E-state index contributed by atoms with van der Waals surface area (Å²) in [5.41, 5.74) is 0.566. The number of hydrogen-bond acceptors (Lipinski definition) is 4. The number of Topliss-reactive ketones (excluding diaryl/α,β-unsaturated/α-hetero) is 1. The van der Waals surface area contributed by atoms with Crippen LogP contribution in [0.4, 0.5) is 4.39 Å². The number of halogens is 1. The Morgan fingerprint density at radius 1 is 1.33 bits per heavy atom. The summed E-state index contributed by atoms with van der Waals surface area (Å²) in [6.07, 6.45) is 5.24. The average Bonchev–Trinajstić information content (AvgIpc) is 2.68. The van der Waals surface area contributed by atoms with Crippen molar-refractivity contribution in [2.75, 3.05) is 6.26 Å². The molecule has 1 aromatic carbocycles. The van der Waals surface area contributed by atoms with Crippen molar-refractivity contribution < 1.29 is 9.18 Å². The van der Waals surface area contributed by atoms with Gasteiger partial charge in [-0.15, -0.1) is 0 Å².